The molecule has 0 radical (unpaired) electrons. The van der Waals surface area contributed by atoms with Crippen LogP contribution in [0, 0.1) is 0 Å². The Bertz CT molecular complexity index is 807. The Labute approximate surface area is 160 Å². The molecule has 3 aromatic rings. The second kappa shape index (κ2) is 9.64. The fourth-order valence-corrected chi connectivity index (χ4v) is 2.76. The summed E-state index contributed by atoms with van der Waals surface area (Å²) in [7, 11) is 4.15. The Morgan fingerprint density at radius 3 is 2.33 bits per heavy atom. The number of para-hydroxylation sites is 1. The molecule has 0 aliphatic carbocycles. The van der Waals surface area contributed by atoms with Gasteiger partial charge >= 0.3 is 0 Å². The van der Waals surface area contributed by atoms with Crippen LogP contribution in [0.3, 0.4) is 0 Å². The van der Waals surface area contributed by atoms with Crippen LogP contribution < -0.4 is 10.2 Å². The van der Waals surface area contributed by atoms with E-state index in [-0.39, 0.29) is 0 Å². The quantitative estimate of drug-likeness (QED) is 0.587. The minimum Gasteiger partial charge on any atom is -0.369 e. The van der Waals surface area contributed by atoms with Gasteiger partial charge < -0.3 is 15.1 Å². The average molecular weight is 362 g/mol. The molecule has 0 unspecified atom stereocenters. The van der Waals surface area contributed by atoms with Gasteiger partial charge in [0.2, 0.25) is 0 Å². The van der Waals surface area contributed by atoms with Crippen molar-refractivity contribution >= 4 is 17.5 Å². The summed E-state index contributed by atoms with van der Waals surface area (Å²) in [4.78, 5) is 8.94. The first-order valence-electron chi connectivity index (χ1n) is 9.17. The van der Waals surface area contributed by atoms with E-state index in [2.05, 4.69) is 68.7 Å². The zero-order chi connectivity index (χ0) is 18.9. The van der Waals surface area contributed by atoms with Crippen molar-refractivity contribution in [3.8, 4) is 0 Å². The normalized spacial score (nSPS) is 10.8. The van der Waals surface area contributed by atoms with Crippen LogP contribution in [0.15, 0.2) is 66.9 Å². The molecule has 0 spiro atoms. The highest BCUT2D eigenvalue weighted by molar-refractivity contribution is 5.58. The van der Waals surface area contributed by atoms with Gasteiger partial charge in [-0.1, -0.05) is 48.5 Å². The maximum atomic E-state index is 4.69. The van der Waals surface area contributed by atoms with Crippen LogP contribution in [0.5, 0.6) is 0 Å². The summed E-state index contributed by atoms with van der Waals surface area (Å²) in [6.07, 6.45) is 2.71. The van der Waals surface area contributed by atoms with Gasteiger partial charge in [0.25, 0.3) is 5.95 Å². The first-order chi connectivity index (χ1) is 13.2. The molecule has 6 nitrogen and oxygen atoms in total. The lowest BCUT2D eigenvalue weighted by atomic mass is 10.2. The van der Waals surface area contributed by atoms with E-state index < -0.39 is 0 Å². The molecular formula is C21H26N6. The Kier molecular flexibility index (Phi) is 6.71. The van der Waals surface area contributed by atoms with Crippen molar-refractivity contribution in [3.05, 3.63) is 72.4 Å². The van der Waals surface area contributed by atoms with Gasteiger partial charge in [-0.15, -0.1) is 5.10 Å². The molecule has 3 rings (SSSR count). The third-order valence-electron chi connectivity index (χ3n) is 4.13. The Hall–Kier alpha value is -2.99. The van der Waals surface area contributed by atoms with E-state index in [1.165, 1.54) is 5.56 Å². The van der Waals surface area contributed by atoms with Gasteiger partial charge in [-0.3, -0.25) is 0 Å². The van der Waals surface area contributed by atoms with Crippen LogP contribution in [0.2, 0.25) is 0 Å². The molecule has 1 N–H and O–H groups in total. The number of rotatable bonds is 9. The summed E-state index contributed by atoms with van der Waals surface area (Å²) in [5, 5.41) is 11.8. The van der Waals surface area contributed by atoms with Gasteiger partial charge in [0.1, 0.15) is 0 Å². The first-order valence-corrected chi connectivity index (χ1v) is 9.17. The first kappa shape index (κ1) is 18.8. The Morgan fingerprint density at radius 2 is 1.63 bits per heavy atom. The van der Waals surface area contributed by atoms with Crippen molar-refractivity contribution in [2.45, 2.75) is 13.0 Å². The molecule has 6 heteroatoms. The molecular weight excluding hydrogens is 336 g/mol. The second-order valence-electron chi connectivity index (χ2n) is 6.63. The number of anilines is 3. The molecule has 0 fully saturated rings. The number of hydrogen-bond donors (Lipinski definition) is 1. The number of nitrogens with zero attached hydrogens (tertiary/aromatic N) is 5. The van der Waals surface area contributed by atoms with Crippen LogP contribution in [-0.4, -0.2) is 47.3 Å². The molecule has 27 heavy (non-hydrogen) atoms. The minimum absolute atomic E-state index is 0.586. The van der Waals surface area contributed by atoms with Crippen molar-refractivity contribution in [2.24, 2.45) is 0 Å². The third-order valence-corrected chi connectivity index (χ3v) is 4.13. The lowest BCUT2D eigenvalue weighted by Crippen LogP contribution is -2.21. The summed E-state index contributed by atoms with van der Waals surface area (Å²) in [6.45, 7) is 2.56. The van der Waals surface area contributed by atoms with Gasteiger partial charge in [-0.05, 0) is 44.8 Å². The molecule has 0 amide bonds. The lowest BCUT2D eigenvalue weighted by Gasteiger charge is -2.23. The molecule has 0 aliphatic rings. The van der Waals surface area contributed by atoms with Crippen LogP contribution in [0.1, 0.15) is 12.0 Å². The number of nitrogens with one attached hydrogen (secondary N) is 1. The smallest absolute Gasteiger partial charge is 0.252 e. The number of benzene rings is 2. The zero-order valence-electron chi connectivity index (χ0n) is 15.9. The molecule has 0 atom stereocenters. The third kappa shape index (κ3) is 5.76. The molecule has 0 aliphatic heterocycles. The summed E-state index contributed by atoms with van der Waals surface area (Å²) in [5.41, 5.74) is 2.22. The van der Waals surface area contributed by atoms with Gasteiger partial charge in [-0.2, -0.15) is 10.1 Å². The van der Waals surface area contributed by atoms with Gasteiger partial charge in [-0.25, -0.2) is 0 Å². The maximum Gasteiger partial charge on any atom is 0.252 e. The number of hydrogen-bond acceptors (Lipinski definition) is 6. The largest absolute Gasteiger partial charge is 0.369 e. The summed E-state index contributed by atoms with van der Waals surface area (Å²) in [6, 6.07) is 20.5. The summed E-state index contributed by atoms with van der Waals surface area (Å²) in [5.74, 6) is 1.33. The molecule has 2 aromatic carbocycles. The monoisotopic (exact) mass is 362 g/mol. The zero-order valence-corrected chi connectivity index (χ0v) is 15.9. The topological polar surface area (TPSA) is 57.2 Å². The van der Waals surface area contributed by atoms with E-state index in [1.54, 1.807) is 6.20 Å². The number of aromatic nitrogens is 3. The van der Waals surface area contributed by atoms with Gasteiger partial charge in [0, 0.05) is 12.2 Å². The Morgan fingerprint density at radius 1 is 0.926 bits per heavy atom. The predicted molar refractivity (Wildman–Crippen MR) is 110 cm³/mol. The fourth-order valence-electron chi connectivity index (χ4n) is 2.76. The Balaban J connectivity index is 1.78. The predicted octanol–water partition coefficient (Wildman–Crippen LogP) is 3.57. The summed E-state index contributed by atoms with van der Waals surface area (Å²) < 4.78 is 0. The molecule has 0 bridgehead atoms. The van der Waals surface area contributed by atoms with E-state index in [0.717, 1.165) is 31.0 Å². The van der Waals surface area contributed by atoms with Gasteiger partial charge in [0.15, 0.2) is 5.82 Å². The molecule has 0 saturated carbocycles. The van der Waals surface area contributed by atoms with Crippen LogP contribution in [0.25, 0.3) is 0 Å². The molecule has 1 heterocycles. The lowest BCUT2D eigenvalue weighted by molar-refractivity contribution is 0.405. The standard InChI is InChI=1S/C21H26N6/c1-26(2)15-9-14-22-20-16-23-25-21(24-20)27(19-12-7-4-8-13-19)17-18-10-5-3-6-11-18/h3-8,10-13,16H,9,14-15,17H2,1-2H3,(H,22,24,25). The summed E-state index contributed by atoms with van der Waals surface area (Å²) >= 11 is 0. The van der Waals surface area contributed by atoms with E-state index in [0.29, 0.717) is 12.5 Å². The molecule has 0 saturated heterocycles. The average Bonchev–Trinajstić information content (AvgIpc) is 2.71. The van der Waals surface area contributed by atoms with Crippen molar-refractivity contribution < 1.29 is 0 Å². The van der Waals surface area contributed by atoms with E-state index >= 15 is 0 Å². The maximum absolute atomic E-state index is 4.69. The van der Waals surface area contributed by atoms with Crippen LogP contribution in [0.4, 0.5) is 17.5 Å². The highest BCUT2D eigenvalue weighted by atomic mass is 15.3. The van der Waals surface area contributed by atoms with Crippen LogP contribution in [-0.2, 0) is 6.54 Å². The highest BCUT2D eigenvalue weighted by Crippen LogP contribution is 2.24. The highest BCUT2D eigenvalue weighted by Gasteiger charge is 2.14. The van der Waals surface area contributed by atoms with Gasteiger partial charge in [0.05, 0.1) is 12.7 Å². The van der Waals surface area contributed by atoms with Crippen molar-refractivity contribution in [1.82, 2.24) is 20.1 Å². The van der Waals surface area contributed by atoms with Crippen LogP contribution >= 0.6 is 0 Å². The van der Waals surface area contributed by atoms with Crippen molar-refractivity contribution in [1.29, 1.82) is 0 Å². The van der Waals surface area contributed by atoms with Crippen molar-refractivity contribution in [3.63, 3.8) is 0 Å². The molecule has 140 valence electrons. The minimum atomic E-state index is 0.586. The van der Waals surface area contributed by atoms with E-state index in [4.69, 9.17) is 0 Å². The van der Waals surface area contributed by atoms with E-state index in [9.17, 15) is 0 Å². The molecule has 1 aromatic heterocycles. The SMILES string of the molecule is CN(C)CCCNc1cnnc(N(Cc2ccccc2)c2ccccc2)n1. The second-order valence-corrected chi connectivity index (χ2v) is 6.63. The van der Waals surface area contributed by atoms with E-state index in [1.807, 2.05) is 36.4 Å². The fraction of sp³-hybridized carbons (Fsp3) is 0.286. The van der Waals surface area contributed by atoms with Crippen molar-refractivity contribution in [2.75, 3.05) is 37.4 Å².